The number of nitrogens with zero attached hydrogens (tertiary/aromatic N) is 1. The fourth-order valence-corrected chi connectivity index (χ4v) is 4.91. The quantitative estimate of drug-likeness (QED) is 0.780. The van der Waals surface area contributed by atoms with Crippen LogP contribution < -0.4 is 14.8 Å². The number of nitrogens with one attached hydrogen (secondary N) is 1. The first-order valence-electron chi connectivity index (χ1n) is 10.5. The second-order valence-corrected chi connectivity index (χ2v) is 8.13. The number of rotatable bonds is 7. The lowest BCUT2D eigenvalue weighted by molar-refractivity contribution is -0.121. The van der Waals surface area contributed by atoms with Crippen molar-refractivity contribution < 1.29 is 14.3 Å². The standard InChI is InChI=1S/C24H30N2O3/c1-28-22-10-11-23(29-2)18(13-22)16-26-20-8-9-21(26)15-19(14-20)25-24(27)12-17-6-4-3-5-7-17/h3-7,10-11,13,19-21H,8-9,12,14-16H2,1-2H3,(H,25,27). The summed E-state index contributed by atoms with van der Waals surface area (Å²) in [6, 6.07) is 17.2. The molecule has 2 bridgehead atoms. The van der Waals surface area contributed by atoms with Gasteiger partial charge in [-0.2, -0.15) is 0 Å². The zero-order chi connectivity index (χ0) is 20.2. The summed E-state index contributed by atoms with van der Waals surface area (Å²) >= 11 is 0. The fraction of sp³-hybridized carbons (Fsp3) is 0.458. The van der Waals surface area contributed by atoms with Crippen molar-refractivity contribution in [1.82, 2.24) is 10.2 Å². The highest BCUT2D eigenvalue weighted by Crippen LogP contribution is 2.38. The number of benzene rings is 2. The van der Waals surface area contributed by atoms with Crippen molar-refractivity contribution in [3.05, 3.63) is 59.7 Å². The average Bonchev–Trinajstić information content (AvgIpc) is 2.96. The molecule has 2 unspecified atom stereocenters. The lowest BCUT2D eigenvalue weighted by Gasteiger charge is -2.39. The molecule has 0 aromatic heterocycles. The Morgan fingerprint density at radius 1 is 1.03 bits per heavy atom. The Morgan fingerprint density at radius 3 is 2.41 bits per heavy atom. The van der Waals surface area contributed by atoms with E-state index in [2.05, 4.69) is 16.3 Å². The van der Waals surface area contributed by atoms with E-state index in [1.807, 2.05) is 42.5 Å². The third kappa shape index (κ3) is 4.56. The van der Waals surface area contributed by atoms with E-state index in [0.29, 0.717) is 18.5 Å². The molecule has 2 heterocycles. The number of methoxy groups -OCH3 is 2. The molecule has 2 fully saturated rings. The van der Waals surface area contributed by atoms with Crippen LogP contribution in [0.3, 0.4) is 0 Å². The van der Waals surface area contributed by atoms with Crippen LogP contribution >= 0.6 is 0 Å². The van der Waals surface area contributed by atoms with E-state index in [0.717, 1.165) is 42.0 Å². The first-order chi connectivity index (χ1) is 14.2. The lowest BCUT2D eigenvalue weighted by Crippen LogP contribution is -2.50. The molecule has 5 nitrogen and oxygen atoms in total. The van der Waals surface area contributed by atoms with Gasteiger partial charge in [-0.3, -0.25) is 9.69 Å². The van der Waals surface area contributed by atoms with Crippen LogP contribution in [0, 0.1) is 0 Å². The summed E-state index contributed by atoms with van der Waals surface area (Å²) in [4.78, 5) is 15.1. The largest absolute Gasteiger partial charge is 0.497 e. The molecule has 2 aromatic carbocycles. The van der Waals surface area contributed by atoms with Gasteiger partial charge in [-0.15, -0.1) is 0 Å². The minimum atomic E-state index is 0.128. The van der Waals surface area contributed by atoms with Crippen molar-refractivity contribution in [2.24, 2.45) is 0 Å². The Balaban J connectivity index is 1.38. The minimum Gasteiger partial charge on any atom is -0.497 e. The Kier molecular flexibility index (Phi) is 6.05. The molecule has 2 atom stereocenters. The molecule has 1 amide bonds. The number of carbonyl (C=O) groups is 1. The highest BCUT2D eigenvalue weighted by atomic mass is 16.5. The summed E-state index contributed by atoms with van der Waals surface area (Å²) in [6.45, 7) is 0.861. The third-order valence-corrected chi connectivity index (χ3v) is 6.30. The molecule has 0 saturated carbocycles. The third-order valence-electron chi connectivity index (χ3n) is 6.30. The van der Waals surface area contributed by atoms with Crippen LogP contribution in [0.15, 0.2) is 48.5 Å². The molecule has 4 rings (SSSR count). The van der Waals surface area contributed by atoms with E-state index < -0.39 is 0 Å². The SMILES string of the molecule is COc1ccc(OC)c(CN2C3CCC2CC(NC(=O)Cc2ccccc2)C3)c1. The Bertz CT molecular complexity index is 825. The van der Waals surface area contributed by atoms with Gasteiger partial charge in [-0.25, -0.2) is 0 Å². The van der Waals surface area contributed by atoms with E-state index in [1.165, 1.54) is 12.8 Å². The Hall–Kier alpha value is -2.53. The first kappa shape index (κ1) is 19.8. The number of hydrogen-bond donors (Lipinski definition) is 1. The molecule has 1 N–H and O–H groups in total. The average molecular weight is 395 g/mol. The van der Waals surface area contributed by atoms with Gasteiger partial charge in [0.25, 0.3) is 0 Å². The molecule has 2 aliphatic heterocycles. The maximum absolute atomic E-state index is 12.5. The van der Waals surface area contributed by atoms with Crippen LogP contribution in [0.1, 0.15) is 36.8 Å². The van der Waals surface area contributed by atoms with Crippen molar-refractivity contribution in [3.8, 4) is 11.5 Å². The van der Waals surface area contributed by atoms with Gasteiger partial charge in [-0.05, 0) is 49.4 Å². The van der Waals surface area contributed by atoms with Crippen LogP contribution in [0.25, 0.3) is 0 Å². The summed E-state index contributed by atoms with van der Waals surface area (Å²) in [5.41, 5.74) is 2.23. The molecule has 0 radical (unpaired) electrons. The summed E-state index contributed by atoms with van der Waals surface area (Å²) < 4.78 is 11.0. The van der Waals surface area contributed by atoms with Gasteiger partial charge in [0.15, 0.2) is 0 Å². The monoisotopic (exact) mass is 394 g/mol. The second kappa shape index (κ2) is 8.87. The molecule has 2 saturated heterocycles. The molecular weight excluding hydrogens is 364 g/mol. The molecule has 29 heavy (non-hydrogen) atoms. The maximum atomic E-state index is 12.5. The van der Waals surface area contributed by atoms with E-state index in [-0.39, 0.29) is 11.9 Å². The smallest absolute Gasteiger partial charge is 0.224 e. The van der Waals surface area contributed by atoms with Crippen LogP contribution in [0.4, 0.5) is 0 Å². The Morgan fingerprint density at radius 2 is 1.76 bits per heavy atom. The van der Waals surface area contributed by atoms with E-state index in [9.17, 15) is 4.79 Å². The van der Waals surface area contributed by atoms with Gasteiger partial charge < -0.3 is 14.8 Å². The van der Waals surface area contributed by atoms with E-state index in [4.69, 9.17) is 9.47 Å². The Labute approximate surface area is 173 Å². The van der Waals surface area contributed by atoms with Gasteiger partial charge in [0.2, 0.25) is 5.91 Å². The van der Waals surface area contributed by atoms with Crippen LogP contribution in [-0.4, -0.2) is 43.2 Å². The molecule has 154 valence electrons. The van der Waals surface area contributed by atoms with Crippen LogP contribution in [-0.2, 0) is 17.8 Å². The van der Waals surface area contributed by atoms with Crippen molar-refractivity contribution in [1.29, 1.82) is 0 Å². The minimum absolute atomic E-state index is 0.128. The van der Waals surface area contributed by atoms with Gasteiger partial charge >= 0.3 is 0 Å². The molecule has 0 spiro atoms. The molecule has 2 aliphatic rings. The number of piperidine rings is 1. The van der Waals surface area contributed by atoms with Gasteiger partial charge in [0.05, 0.1) is 20.6 Å². The number of ether oxygens (including phenoxy) is 2. The molecular formula is C24H30N2O3. The first-order valence-corrected chi connectivity index (χ1v) is 10.5. The van der Waals surface area contributed by atoms with Crippen molar-refractivity contribution in [2.75, 3.05) is 14.2 Å². The van der Waals surface area contributed by atoms with Gasteiger partial charge in [-0.1, -0.05) is 30.3 Å². The fourth-order valence-electron chi connectivity index (χ4n) is 4.91. The maximum Gasteiger partial charge on any atom is 0.224 e. The topological polar surface area (TPSA) is 50.8 Å². The number of fused-ring (bicyclic) bond motifs is 2. The zero-order valence-corrected chi connectivity index (χ0v) is 17.3. The zero-order valence-electron chi connectivity index (χ0n) is 17.3. The molecule has 5 heteroatoms. The lowest BCUT2D eigenvalue weighted by atomic mass is 9.96. The van der Waals surface area contributed by atoms with E-state index >= 15 is 0 Å². The van der Waals surface area contributed by atoms with Gasteiger partial charge in [0, 0.05) is 30.2 Å². The normalized spacial score (nSPS) is 23.6. The van der Waals surface area contributed by atoms with Crippen molar-refractivity contribution >= 4 is 5.91 Å². The summed E-state index contributed by atoms with van der Waals surface area (Å²) in [5, 5.41) is 3.28. The molecule has 0 aliphatic carbocycles. The highest BCUT2D eigenvalue weighted by molar-refractivity contribution is 5.78. The summed E-state index contributed by atoms with van der Waals surface area (Å²) in [7, 11) is 3.41. The summed E-state index contributed by atoms with van der Waals surface area (Å²) in [6.07, 6.45) is 4.88. The number of hydrogen-bond acceptors (Lipinski definition) is 4. The van der Waals surface area contributed by atoms with Crippen molar-refractivity contribution in [3.63, 3.8) is 0 Å². The van der Waals surface area contributed by atoms with Crippen LogP contribution in [0.5, 0.6) is 11.5 Å². The predicted octanol–water partition coefficient (Wildman–Crippen LogP) is 3.56. The van der Waals surface area contributed by atoms with Gasteiger partial charge in [0.1, 0.15) is 11.5 Å². The second-order valence-electron chi connectivity index (χ2n) is 8.13. The number of amides is 1. The molecule has 2 aromatic rings. The van der Waals surface area contributed by atoms with Crippen LogP contribution in [0.2, 0.25) is 0 Å². The predicted molar refractivity (Wildman–Crippen MR) is 113 cm³/mol. The van der Waals surface area contributed by atoms with E-state index in [1.54, 1.807) is 14.2 Å². The highest BCUT2D eigenvalue weighted by Gasteiger charge is 2.41. The summed E-state index contributed by atoms with van der Waals surface area (Å²) in [5.74, 6) is 1.89. The number of carbonyl (C=O) groups excluding carboxylic acids is 1. The van der Waals surface area contributed by atoms with Crippen molar-refractivity contribution in [2.45, 2.75) is 56.8 Å².